The summed E-state index contributed by atoms with van der Waals surface area (Å²) in [6.07, 6.45) is 3.32. The van der Waals surface area contributed by atoms with Crippen LogP contribution in [0.4, 0.5) is 10.5 Å². The van der Waals surface area contributed by atoms with E-state index in [1.54, 1.807) is 65.4 Å². The normalized spacial score (nSPS) is 14.7. The molecule has 1 aromatic heterocycles. The number of nitrogens with zero attached hydrogens (tertiary/aromatic N) is 2. The minimum atomic E-state index is -1.02. The average molecular weight is 482 g/mol. The summed E-state index contributed by atoms with van der Waals surface area (Å²) in [6.45, 7) is -0.414. The number of anilines is 1. The number of hydrogen-bond donors (Lipinski definition) is 2. The van der Waals surface area contributed by atoms with E-state index in [0.29, 0.717) is 22.1 Å². The summed E-state index contributed by atoms with van der Waals surface area (Å²) in [5.41, 5.74) is 1.97. The van der Waals surface area contributed by atoms with Crippen LogP contribution in [0.15, 0.2) is 71.8 Å². The van der Waals surface area contributed by atoms with Crippen LogP contribution in [0.25, 0.3) is 11.8 Å². The van der Waals surface area contributed by atoms with E-state index >= 15 is 0 Å². The lowest BCUT2D eigenvalue weighted by Crippen LogP contribution is -2.36. The number of imide groups is 1. The Morgan fingerprint density at radius 3 is 2.39 bits per heavy atom. The highest BCUT2D eigenvalue weighted by atomic mass is 35.5. The molecule has 2 aromatic carbocycles. The fourth-order valence-corrected chi connectivity index (χ4v) is 4.11. The molecule has 0 unspecified atom stereocenters. The van der Waals surface area contributed by atoms with Gasteiger partial charge in [0.25, 0.3) is 11.1 Å². The number of amides is 3. The van der Waals surface area contributed by atoms with Gasteiger partial charge in [0, 0.05) is 28.3 Å². The third-order valence-corrected chi connectivity index (χ3v) is 5.91. The molecule has 0 radical (unpaired) electrons. The van der Waals surface area contributed by atoms with E-state index in [1.807, 2.05) is 0 Å². The fourth-order valence-electron chi connectivity index (χ4n) is 3.16. The second kappa shape index (κ2) is 9.35. The van der Waals surface area contributed by atoms with Crippen LogP contribution >= 0.6 is 23.4 Å². The number of carboxylic acids is 1. The van der Waals surface area contributed by atoms with Gasteiger partial charge in [0.05, 0.1) is 10.5 Å². The number of halogens is 1. The predicted octanol–water partition coefficient (Wildman–Crippen LogP) is 4.50. The lowest BCUT2D eigenvalue weighted by Gasteiger charge is -2.12. The summed E-state index contributed by atoms with van der Waals surface area (Å²) in [5, 5.41) is 11.7. The van der Waals surface area contributed by atoms with Crippen molar-refractivity contribution in [2.75, 3.05) is 11.9 Å². The molecule has 3 aromatic rings. The van der Waals surface area contributed by atoms with Gasteiger partial charge in [-0.15, -0.1) is 0 Å². The van der Waals surface area contributed by atoms with Gasteiger partial charge in [0.15, 0.2) is 0 Å². The maximum Gasteiger partial charge on any atom is 0.335 e. The number of rotatable bonds is 6. The Bertz CT molecular complexity index is 1280. The molecule has 2 N–H and O–H groups in total. The smallest absolute Gasteiger partial charge is 0.335 e. The number of hydrogen-bond acceptors (Lipinski definition) is 5. The van der Waals surface area contributed by atoms with Crippen molar-refractivity contribution in [2.45, 2.75) is 0 Å². The van der Waals surface area contributed by atoms with Crippen molar-refractivity contribution in [3.63, 3.8) is 0 Å². The molecule has 0 spiro atoms. The zero-order valence-corrected chi connectivity index (χ0v) is 18.5. The second-order valence-corrected chi connectivity index (χ2v) is 8.41. The summed E-state index contributed by atoms with van der Waals surface area (Å²) in [6, 6.07) is 16.2. The largest absolute Gasteiger partial charge is 0.478 e. The first-order valence-electron chi connectivity index (χ1n) is 9.64. The van der Waals surface area contributed by atoms with E-state index in [2.05, 4.69) is 5.32 Å². The third kappa shape index (κ3) is 5.00. The minimum absolute atomic E-state index is 0.158. The van der Waals surface area contributed by atoms with Gasteiger partial charge in [-0.25, -0.2) is 4.79 Å². The molecule has 33 heavy (non-hydrogen) atoms. The number of carboxylic acid groups (broad SMARTS) is 1. The first kappa shape index (κ1) is 22.4. The van der Waals surface area contributed by atoms with E-state index in [-0.39, 0.29) is 10.5 Å². The molecule has 3 amide bonds. The molecular weight excluding hydrogens is 466 g/mol. The molecular formula is C23H16ClN3O5S. The Morgan fingerprint density at radius 2 is 1.73 bits per heavy atom. The molecule has 166 valence electrons. The van der Waals surface area contributed by atoms with Crippen LogP contribution in [0.3, 0.4) is 0 Å². The van der Waals surface area contributed by atoms with Crippen molar-refractivity contribution < 1.29 is 24.3 Å². The third-order valence-electron chi connectivity index (χ3n) is 4.75. The van der Waals surface area contributed by atoms with Crippen molar-refractivity contribution >= 4 is 58.1 Å². The standard InChI is InChI=1S/C23H16ClN3O5S/c24-15-5-7-16(8-6-15)25-20(28)13-27-21(29)19(33-23(27)32)12-18-2-1-11-26(18)17-9-3-14(4-10-17)22(30)31/h1-12H,13H2,(H,25,28)(H,30,31). The van der Waals surface area contributed by atoms with Crippen molar-refractivity contribution in [3.05, 3.63) is 88.0 Å². The number of aromatic nitrogens is 1. The van der Waals surface area contributed by atoms with E-state index < -0.39 is 29.6 Å². The molecule has 10 heteroatoms. The van der Waals surface area contributed by atoms with Crippen molar-refractivity contribution in [2.24, 2.45) is 0 Å². The van der Waals surface area contributed by atoms with E-state index in [9.17, 15) is 19.2 Å². The van der Waals surface area contributed by atoms with E-state index in [4.69, 9.17) is 16.7 Å². The lowest BCUT2D eigenvalue weighted by molar-refractivity contribution is -0.127. The SMILES string of the molecule is O=C(CN1C(=O)SC(=Cc2cccn2-c2ccc(C(=O)O)cc2)C1=O)Nc1ccc(Cl)cc1. The summed E-state index contributed by atoms with van der Waals surface area (Å²) >= 11 is 6.57. The minimum Gasteiger partial charge on any atom is -0.478 e. The number of nitrogens with one attached hydrogen (secondary N) is 1. The lowest BCUT2D eigenvalue weighted by atomic mass is 10.2. The number of carbonyl (C=O) groups excluding carboxylic acids is 3. The molecule has 0 atom stereocenters. The summed E-state index contributed by atoms with van der Waals surface area (Å²) < 4.78 is 1.76. The Kier molecular flexibility index (Phi) is 6.34. The van der Waals surface area contributed by atoms with Gasteiger partial charge in [-0.3, -0.25) is 19.3 Å². The van der Waals surface area contributed by atoms with Crippen LogP contribution < -0.4 is 5.32 Å². The molecule has 8 nitrogen and oxygen atoms in total. The average Bonchev–Trinajstić information content (AvgIpc) is 3.35. The molecule has 2 heterocycles. The quantitative estimate of drug-likeness (QED) is 0.502. The molecule has 0 saturated carbocycles. The Hall–Kier alpha value is -3.82. The van der Waals surface area contributed by atoms with Gasteiger partial charge in [0.1, 0.15) is 6.54 Å². The van der Waals surface area contributed by atoms with E-state index in [0.717, 1.165) is 16.7 Å². The molecule has 0 aliphatic carbocycles. The van der Waals surface area contributed by atoms with E-state index in [1.165, 1.54) is 12.1 Å². The highest BCUT2D eigenvalue weighted by molar-refractivity contribution is 8.18. The first-order valence-corrected chi connectivity index (χ1v) is 10.8. The maximum absolute atomic E-state index is 12.8. The molecule has 1 saturated heterocycles. The Morgan fingerprint density at radius 1 is 1.03 bits per heavy atom. The Labute approximate surface area is 197 Å². The van der Waals surface area contributed by atoms with Crippen LogP contribution in [0.5, 0.6) is 0 Å². The number of thioether (sulfide) groups is 1. The zero-order chi connectivity index (χ0) is 23.5. The van der Waals surface area contributed by atoms with Gasteiger partial charge in [-0.05, 0) is 78.5 Å². The highest BCUT2D eigenvalue weighted by Crippen LogP contribution is 2.32. The van der Waals surface area contributed by atoms with Gasteiger partial charge in [-0.1, -0.05) is 11.6 Å². The maximum atomic E-state index is 12.8. The van der Waals surface area contributed by atoms with Crippen LogP contribution in [-0.4, -0.2) is 44.1 Å². The van der Waals surface area contributed by atoms with Gasteiger partial charge in [-0.2, -0.15) is 0 Å². The van der Waals surface area contributed by atoms with Crippen LogP contribution in [0.1, 0.15) is 16.1 Å². The van der Waals surface area contributed by atoms with Gasteiger partial charge in [0.2, 0.25) is 5.91 Å². The van der Waals surface area contributed by atoms with Crippen LogP contribution in [-0.2, 0) is 9.59 Å². The van der Waals surface area contributed by atoms with Crippen LogP contribution in [0.2, 0.25) is 5.02 Å². The number of benzene rings is 2. The summed E-state index contributed by atoms with van der Waals surface area (Å²) in [4.78, 5) is 49.6. The topological polar surface area (TPSA) is 109 Å². The summed E-state index contributed by atoms with van der Waals surface area (Å²) in [7, 11) is 0. The highest BCUT2D eigenvalue weighted by Gasteiger charge is 2.36. The fraction of sp³-hybridized carbons (Fsp3) is 0.0435. The molecule has 1 aliphatic rings. The predicted molar refractivity (Wildman–Crippen MR) is 125 cm³/mol. The number of aromatic carboxylic acids is 1. The van der Waals surface area contributed by atoms with Gasteiger partial charge >= 0.3 is 5.97 Å². The number of carbonyl (C=O) groups is 4. The molecule has 1 aliphatic heterocycles. The molecule has 0 bridgehead atoms. The molecule has 1 fully saturated rings. The Balaban J connectivity index is 1.49. The first-order chi connectivity index (χ1) is 15.8. The van der Waals surface area contributed by atoms with Crippen molar-refractivity contribution in [1.82, 2.24) is 9.47 Å². The van der Waals surface area contributed by atoms with Crippen molar-refractivity contribution in [3.8, 4) is 5.69 Å². The second-order valence-electron chi connectivity index (χ2n) is 6.98. The van der Waals surface area contributed by atoms with Crippen molar-refractivity contribution in [1.29, 1.82) is 0 Å². The monoisotopic (exact) mass is 481 g/mol. The van der Waals surface area contributed by atoms with Gasteiger partial charge < -0.3 is 15.0 Å². The zero-order valence-electron chi connectivity index (χ0n) is 16.9. The molecule has 4 rings (SSSR count). The van der Waals surface area contributed by atoms with Crippen LogP contribution in [0, 0.1) is 0 Å². The summed E-state index contributed by atoms with van der Waals surface area (Å²) in [5.74, 6) is -2.10.